The maximum atomic E-state index is 9.67. The van der Waals surface area contributed by atoms with E-state index in [-0.39, 0.29) is 5.41 Å². The Bertz CT molecular complexity index is 245. The lowest BCUT2D eigenvalue weighted by molar-refractivity contribution is 0.0805. The van der Waals surface area contributed by atoms with Crippen LogP contribution < -0.4 is 5.32 Å². The molecule has 0 heterocycles. The van der Waals surface area contributed by atoms with E-state index in [4.69, 9.17) is 0 Å². The van der Waals surface area contributed by atoms with Crippen LogP contribution in [0.5, 0.6) is 0 Å². The molecule has 3 nitrogen and oxygen atoms in total. The van der Waals surface area contributed by atoms with Crippen molar-refractivity contribution in [1.29, 1.82) is 0 Å². The summed E-state index contributed by atoms with van der Waals surface area (Å²) in [7, 11) is 2.26. The van der Waals surface area contributed by atoms with Gasteiger partial charge in [-0.2, -0.15) is 0 Å². The highest BCUT2D eigenvalue weighted by Crippen LogP contribution is 2.35. The van der Waals surface area contributed by atoms with Crippen LogP contribution in [-0.2, 0) is 0 Å². The van der Waals surface area contributed by atoms with Gasteiger partial charge in [0.1, 0.15) is 0 Å². The molecule has 2 fully saturated rings. The van der Waals surface area contributed by atoms with E-state index in [1.54, 1.807) is 0 Å². The molecular formula is C16H32N2O. The van der Waals surface area contributed by atoms with Gasteiger partial charge in [-0.15, -0.1) is 0 Å². The third-order valence-electron chi connectivity index (χ3n) is 5.34. The maximum Gasteiger partial charge on any atom is 0.0499 e. The van der Waals surface area contributed by atoms with Gasteiger partial charge in [0.2, 0.25) is 0 Å². The van der Waals surface area contributed by atoms with Gasteiger partial charge in [-0.1, -0.05) is 32.1 Å². The lowest BCUT2D eigenvalue weighted by atomic mass is 9.74. The van der Waals surface area contributed by atoms with Gasteiger partial charge in [-0.3, -0.25) is 0 Å². The average Bonchev–Trinajstić information content (AvgIpc) is 2.99. The Labute approximate surface area is 118 Å². The van der Waals surface area contributed by atoms with Crippen LogP contribution in [0.2, 0.25) is 0 Å². The van der Waals surface area contributed by atoms with E-state index in [0.717, 1.165) is 25.7 Å². The van der Waals surface area contributed by atoms with Gasteiger partial charge < -0.3 is 15.3 Å². The molecule has 0 aromatic rings. The van der Waals surface area contributed by atoms with Gasteiger partial charge in [0, 0.05) is 37.7 Å². The summed E-state index contributed by atoms with van der Waals surface area (Å²) in [6.45, 7) is 3.57. The molecular weight excluding hydrogens is 236 g/mol. The lowest BCUT2D eigenvalue weighted by Gasteiger charge is -2.36. The summed E-state index contributed by atoms with van der Waals surface area (Å²) in [4.78, 5) is 2.52. The van der Waals surface area contributed by atoms with Crippen molar-refractivity contribution < 1.29 is 5.11 Å². The van der Waals surface area contributed by atoms with Gasteiger partial charge in [-0.05, 0) is 32.7 Å². The molecule has 0 saturated heterocycles. The molecule has 112 valence electrons. The summed E-state index contributed by atoms with van der Waals surface area (Å²) in [6.07, 6.45) is 11.9. The van der Waals surface area contributed by atoms with Gasteiger partial charge in [0.15, 0.2) is 0 Å². The van der Waals surface area contributed by atoms with Crippen molar-refractivity contribution in [1.82, 2.24) is 10.2 Å². The molecule has 0 unspecified atom stereocenters. The fourth-order valence-electron chi connectivity index (χ4n) is 3.83. The van der Waals surface area contributed by atoms with Crippen LogP contribution in [0.3, 0.4) is 0 Å². The maximum absolute atomic E-state index is 9.67. The second-order valence-electron chi connectivity index (χ2n) is 6.81. The molecule has 19 heavy (non-hydrogen) atoms. The largest absolute Gasteiger partial charge is 0.396 e. The van der Waals surface area contributed by atoms with Gasteiger partial charge >= 0.3 is 0 Å². The summed E-state index contributed by atoms with van der Waals surface area (Å²) < 4.78 is 0. The van der Waals surface area contributed by atoms with Crippen LogP contribution in [0, 0.1) is 5.41 Å². The molecule has 0 bridgehead atoms. The smallest absolute Gasteiger partial charge is 0.0499 e. The molecule has 0 spiro atoms. The molecule has 0 aliphatic heterocycles. The Balaban J connectivity index is 1.62. The van der Waals surface area contributed by atoms with Crippen molar-refractivity contribution in [2.24, 2.45) is 5.41 Å². The SMILES string of the molecule is CN(CCNCC1(CO)CCCCC1)C1CCCC1. The highest BCUT2D eigenvalue weighted by atomic mass is 16.3. The second-order valence-corrected chi connectivity index (χ2v) is 6.81. The van der Waals surface area contributed by atoms with Gasteiger partial charge in [-0.25, -0.2) is 0 Å². The first-order valence-corrected chi connectivity index (χ1v) is 8.28. The first-order chi connectivity index (χ1) is 9.26. The monoisotopic (exact) mass is 268 g/mol. The highest BCUT2D eigenvalue weighted by molar-refractivity contribution is 4.84. The van der Waals surface area contributed by atoms with Crippen molar-refractivity contribution in [3.8, 4) is 0 Å². The van der Waals surface area contributed by atoms with Gasteiger partial charge in [0.05, 0.1) is 0 Å². The van der Waals surface area contributed by atoms with Crippen molar-refractivity contribution in [2.75, 3.05) is 33.3 Å². The molecule has 2 N–H and O–H groups in total. The van der Waals surface area contributed by atoms with E-state index >= 15 is 0 Å². The van der Waals surface area contributed by atoms with E-state index in [0.29, 0.717) is 6.61 Å². The normalized spacial score (nSPS) is 24.2. The van der Waals surface area contributed by atoms with Crippen LogP contribution >= 0.6 is 0 Å². The molecule has 0 aromatic heterocycles. The minimum Gasteiger partial charge on any atom is -0.396 e. The number of likely N-dealkylation sites (N-methyl/N-ethyl adjacent to an activating group) is 1. The minimum atomic E-state index is 0.185. The topological polar surface area (TPSA) is 35.5 Å². The predicted molar refractivity (Wildman–Crippen MR) is 80.4 cm³/mol. The third-order valence-corrected chi connectivity index (χ3v) is 5.34. The van der Waals surface area contributed by atoms with Crippen LogP contribution in [0.15, 0.2) is 0 Å². The van der Waals surface area contributed by atoms with E-state index in [2.05, 4.69) is 17.3 Å². The fourth-order valence-corrected chi connectivity index (χ4v) is 3.83. The summed E-state index contributed by atoms with van der Waals surface area (Å²) in [5.74, 6) is 0. The highest BCUT2D eigenvalue weighted by Gasteiger charge is 2.30. The van der Waals surface area contributed by atoms with Crippen LogP contribution in [0.25, 0.3) is 0 Å². The van der Waals surface area contributed by atoms with E-state index in [9.17, 15) is 5.11 Å². The van der Waals surface area contributed by atoms with Crippen LogP contribution in [0.4, 0.5) is 0 Å². The van der Waals surface area contributed by atoms with Crippen molar-refractivity contribution in [2.45, 2.75) is 63.8 Å². The second kappa shape index (κ2) is 7.61. The van der Waals surface area contributed by atoms with Crippen LogP contribution in [0.1, 0.15) is 57.8 Å². The van der Waals surface area contributed by atoms with Crippen molar-refractivity contribution in [3.05, 3.63) is 0 Å². The molecule has 0 aromatic carbocycles. The minimum absolute atomic E-state index is 0.185. The van der Waals surface area contributed by atoms with Crippen LogP contribution in [-0.4, -0.2) is 49.3 Å². The molecule has 2 rings (SSSR count). The predicted octanol–water partition coefficient (Wildman–Crippen LogP) is 2.39. The number of aliphatic hydroxyl groups is 1. The summed E-state index contributed by atoms with van der Waals surface area (Å²) >= 11 is 0. The standard InChI is InChI=1S/C16H32N2O/c1-18(15-7-3-4-8-15)12-11-17-13-16(14-19)9-5-2-6-10-16/h15,17,19H,2-14H2,1H3. The molecule has 0 radical (unpaired) electrons. The van der Waals surface area contributed by atoms with E-state index in [1.165, 1.54) is 57.8 Å². The lowest BCUT2D eigenvalue weighted by Crippen LogP contribution is -2.42. The molecule has 2 saturated carbocycles. The number of hydrogen-bond donors (Lipinski definition) is 2. The average molecular weight is 268 g/mol. The molecule has 0 amide bonds. The first-order valence-electron chi connectivity index (χ1n) is 8.28. The Morgan fingerprint density at radius 2 is 1.79 bits per heavy atom. The first kappa shape index (κ1) is 15.3. The zero-order valence-corrected chi connectivity index (χ0v) is 12.7. The molecule has 2 aliphatic carbocycles. The summed E-state index contributed by atoms with van der Waals surface area (Å²) in [6, 6.07) is 0.822. The van der Waals surface area contributed by atoms with Crippen molar-refractivity contribution in [3.63, 3.8) is 0 Å². The third kappa shape index (κ3) is 4.44. The van der Waals surface area contributed by atoms with Gasteiger partial charge in [0.25, 0.3) is 0 Å². The Kier molecular flexibility index (Phi) is 6.11. The number of nitrogens with zero attached hydrogens (tertiary/aromatic N) is 1. The summed E-state index contributed by atoms with van der Waals surface area (Å²) in [5.41, 5.74) is 0.185. The Morgan fingerprint density at radius 3 is 2.42 bits per heavy atom. The number of rotatable bonds is 7. The molecule has 0 atom stereocenters. The quantitative estimate of drug-likeness (QED) is 0.696. The van der Waals surface area contributed by atoms with Crippen molar-refractivity contribution >= 4 is 0 Å². The number of hydrogen-bond acceptors (Lipinski definition) is 3. The molecule has 3 heteroatoms. The van der Waals surface area contributed by atoms with E-state index < -0.39 is 0 Å². The summed E-state index contributed by atoms with van der Waals surface area (Å²) in [5, 5.41) is 13.3. The number of aliphatic hydroxyl groups excluding tert-OH is 1. The zero-order valence-electron chi connectivity index (χ0n) is 12.7. The van der Waals surface area contributed by atoms with E-state index in [1.807, 2.05) is 0 Å². The Hall–Kier alpha value is -0.120. The molecule has 2 aliphatic rings. The Morgan fingerprint density at radius 1 is 1.11 bits per heavy atom. The number of nitrogens with one attached hydrogen (secondary N) is 1. The fraction of sp³-hybridized carbons (Fsp3) is 1.00. The zero-order chi connectivity index (χ0) is 13.6.